The van der Waals surface area contributed by atoms with Crippen LogP contribution in [0.25, 0.3) is 11.3 Å². The summed E-state index contributed by atoms with van der Waals surface area (Å²) in [6.45, 7) is 1.81. The molecule has 0 amide bonds. The average Bonchev–Trinajstić information content (AvgIpc) is 2.46. The second-order valence-electron chi connectivity index (χ2n) is 4.06. The molecule has 0 unspecified atom stereocenters. The van der Waals surface area contributed by atoms with Crippen molar-refractivity contribution in [3.63, 3.8) is 0 Å². The summed E-state index contributed by atoms with van der Waals surface area (Å²) in [4.78, 5) is 15.2. The van der Waals surface area contributed by atoms with Crippen LogP contribution < -0.4 is 9.47 Å². The Morgan fingerprint density at radius 2 is 1.89 bits per heavy atom. The number of aldehydes is 1. The molecule has 2 rings (SSSR count). The zero-order valence-corrected chi connectivity index (χ0v) is 11.1. The van der Waals surface area contributed by atoms with Gasteiger partial charge in [0.2, 0.25) is 0 Å². The van der Waals surface area contributed by atoms with Crippen molar-refractivity contribution in [3.8, 4) is 22.8 Å². The van der Waals surface area contributed by atoms with Crippen LogP contribution in [0, 0.1) is 6.92 Å². The molecule has 0 aliphatic rings. The van der Waals surface area contributed by atoms with Crippen LogP contribution in [0.3, 0.4) is 0 Å². The maximum Gasteiger partial charge on any atom is 0.151 e. The van der Waals surface area contributed by atoms with E-state index in [1.165, 1.54) is 0 Å². The Labute approximate surface area is 112 Å². The van der Waals surface area contributed by atoms with Crippen molar-refractivity contribution in [2.45, 2.75) is 6.92 Å². The monoisotopic (exact) mass is 257 g/mol. The fourth-order valence-corrected chi connectivity index (χ4v) is 1.86. The number of hydrogen-bond acceptors (Lipinski definition) is 4. The number of hydrogen-bond donors (Lipinski definition) is 0. The SMILES string of the molecule is COc1ccc(-c2ccc(C=O)c(C)n2)c(OC)c1. The number of carbonyl (C=O) groups excluding carboxylic acids is 1. The highest BCUT2D eigenvalue weighted by Crippen LogP contribution is 2.32. The number of aromatic nitrogens is 1. The highest BCUT2D eigenvalue weighted by molar-refractivity contribution is 5.78. The third-order valence-electron chi connectivity index (χ3n) is 2.94. The van der Waals surface area contributed by atoms with Gasteiger partial charge in [-0.3, -0.25) is 9.78 Å². The molecule has 0 fully saturated rings. The van der Waals surface area contributed by atoms with Gasteiger partial charge in [0.1, 0.15) is 11.5 Å². The molecule has 0 saturated carbocycles. The Morgan fingerprint density at radius 3 is 2.47 bits per heavy atom. The summed E-state index contributed by atoms with van der Waals surface area (Å²) in [7, 11) is 3.21. The van der Waals surface area contributed by atoms with E-state index >= 15 is 0 Å². The number of nitrogens with zero attached hydrogens (tertiary/aromatic N) is 1. The number of benzene rings is 1. The predicted octanol–water partition coefficient (Wildman–Crippen LogP) is 2.89. The van der Waals surface area contributed by atoms with Gasteiger partial charge in [-0.1, -0.05) is 0 Å². The maximum atomic E-state index is 10.8. The van der Waals surface area contributed by atoms with Crippen LogP contribution in [-0.4, -0.2) is 25.5 Å². The standard InChI is InChI=1S/C15H15NO3/c1-10-11(9-17)4-7-14(16-10)13-6-5-12(18-2)8-15(13)19-3/h4-9H,1-3H3. The van der Waals surface area contributed by atoms with Crippen molar-refractivity contribution in [3.05, 3.63) is 41.6 Å². The zero-order chi connectivity index (χ0) is 13.8. The number of aryl methyl sites for hydroxylation is 1. The Morgan fingerprint density at radius 1 is 1.11 bits per heavy atom. The first-order chi connectivity index (χ1) is 9.19. The Hall–Kier alpha value is -2.36. The van der Waals surface area contributed by atoms with Gasteiger partial charge in [-0.15, -0.1) is 0 Å². The molecular weight excluding hydrogens is 242 g/mol. The Balaban J connectivity index is 2.52. The molecule has 0 aliphatic heterocycles. The number of pyridine rings is 1. The van der Waals surface area contributed by atoms with E-state index in [1.54, 1.807) is 32.4 Å². The van der Waals surface area contributed by atoms with E-state index in [4.69, 9.17) is 9.47 Å². The van der Waals surface area contributed by atoms with E-state index in [1.807, 2.05) is 19.1 Å². The molecule has 2 aromatic rings. The fraction of sp³-hybridized carbons (Fsp3) is 0.200. The first kappa shape index (κ1) is 13.1. The first-order valence-corrected chi connectivity index (χ1v) is 5.85. The molecular formula is C15H15NO3. The Bertz CT molecular complexity index is 608. The van der Waals surface area contributed by atoms with Gasteiger partial charge in [-0.2, -0.15) is 0 Å². The van der Waals surface area contributed by atoms with Crippen LogP contribution in [0.15, 0.2) is 30.3 Å². The van der Waals surface area contributed by atoms with Gasteiger partial charge in [0.15, 0.2) is 6.29 Å². The van der Waals surface area contributed by atoms with Crippen molar-refractivity contribution in [1.82, 2.24) is 4.98 Å². The fourth-order valence-electron chi connectivity index (χ4n) is 1.86. The number of methoxy groups -OCH3 is 2. The van der Waals surface area contributed by atoms with Crippen molar-refractivity contribution in [1.29, 1.82) is 0 Å². The minimum absolute atomic E-state index is 0.594. The highest BCUT2D eigenvalue weighted by Gasteiger charge is 2.10. The molecule has 1 aromatic heterocycles. The molecule has 4 heteroatoms. The van der Waals surface area contributed by atoms with Crippen LogP contribution in [0.1, 0.15) is 16.1 Å². The second-order valence-corrected chi connectivity index (χ2v) is 4.06. The van der Waals surface area contributed by atoms with Crippen LogP contribution in [0.4, 0.5) is 0 Å². The summed E-state index contributed by atoms with van der Waals surface area (Å²) in [5, 5.41) is 0. The molecule has 98 valence electrons. The smallest absolute Gasteiger partial charge is 0.151 e. The summed E-state index contributed by atoms with van der Waals surface area (Å²) < 4.78 is 10.5. The normalized spacial score (nSPS) is 10.1. The number of carbonyl (C=O) groups is 1. The van der Waals surface area contributed by atoms with Crippen molar-refractivity contribution in [2.24, 2.45) is 0 Å². The van der Waals surface area contributed by atoms with E-state index in [2.05, 4.69) is 4.98 Å². The molecule has 19 heavy (non-hydrogen) atoms. The maximum absolute atomic E-state index is 10.8. The molecule has 0 radical (unpaired) electrons. The molecule has 1 aromatic carbocycles. The summed E-state index contributed by atoms with van der Waals surface area (Å²) in [5.41, 5.74) is 2.92. The van der Waals surface area contributed by atoms with Crippen molar-refractivity contribution >= 4 is 6.29 Å². The summed E-state index contributed by atoms with van der Waals surface area (Å²) in [6, 6.07) is 9.11. The van der Waals surface area contributed by atoms with Gasteiger partial charge in [0, 0.05) is 22.9 Å². The lowest BCUT2D eigenvalue weighted by atomic mass is 10.1. The summed E-state index contributed by atoms with van der Waals surface area (Å²) >= 11 is 0. The van der Waals surface area contributed by atoms with Crippen molar-refractivity contribution in [2.75, 3.05) is 14.2 Å². The Kier molecular flexibility index (Phi) is 3.80. The summed E-state index contributed by atoms with van der Waals surface area (Å²) in [6.07, 6.45) is 0.803. The molecule has 0 N–H and O–H groups in total. The highest BCUT2D eigenvalue weighted by atomic mass is 16.5. The van der Waals surface area contributed by atoms with Gasteiger partial charge in [0.25, 0.3) is 0 Å². The van der Waals surface area contributed by atoms with Crippen LogP contribution in [0.5, 0.6) is 11.5 Å². The molecule has 1 heterocycles. The molecule has 4 nitrogen and oxygen atoms in total. The molecule has 0 aliphatic carbocycles. The lowest BCUT2D eigenvalue weighted by molar-refractivity contribution is 0.112. The topological polar surface area (TPSA) is 48.4 Å². The number of ether oxygens (including phenoxy) is 2. The third-order valence-corrected chi connectivity index (χ3v) is 2.94. The van der Waals surface area contributed by atoms with Gasteiger partial charge >= 0.3 is 0 Å². The predicted molar refractivity (Wildman–Crippen MR) is 72.9 cm³/mol. The van der Waals surface area contributed by atoms with Gasteiger partial charge in [-0.05, 0) is 31.2 Å². The van der Waals surface area contributed by atoms with Crippen LogP contribution in [-0.2, 0) is 0 Å². The minimum Gasteiger partial charge on any atom is -0.497 e. The van der Waals surface area contributed by atoms with E-state index in [0.717, 1.165) is 23.3 Å². The quantitative estimate of drug-likeness (QED) is 0.790. The lowest BCUT2D eigenvalue weighted by Crippen LogP contribution is -1.95. The third kappa shape index (κ3) is 2.57. The zero-order valence-electron chi connectivity index (χ0n) is 11.1. The lowest BCUT2D eigenvalue weighted by Gasteiger charge is -2.10. The van der Waals surface area contributed by atoms with E-state index in [0.29, 0.717) is 17.0 Å². The van der Waals surface area contributed by atoms with Gasteiger partial charge < -0.3 is 9.47 Å². The van der Waals surface area contributed by atoms with E-state index < -0.39 is 0 Å². The second kappa shape index (κ2) is 5.52. The van der Waals surface area contributed by atoms with Gasteiger partial charge in [-0.25, -0.2) is 0 Å². The molecule has 0 bridgehead atoms. The molecule has 0 atom stereocenters. The van der Waals surface area contributed by atoms with Crippen LogP contribution in [0.2, 0.25) is 0 Å². The van der Waals surface area contributed by atoms with Crippen molar-refractivity contribution < 1.29 is 14.3 Å². The molecule has 0 spiro atoms. The molecule has 0 saturated heterocycles. The van der Waals surface area contributed by atoms with E-state index in [-0.39, 0.29) is 0 Å². The largest absolute Gasteiger partial charge is 0.497 e. The summed E-state index contributed by atoms with van der Waals surface area (Å²) in [5.74, 6) is 1.41. The minimum atomic E-state index is 0.594. The first-order valence-electron chi connectivity index (χ1n) is 5.85. The number of rotatable bonds is 4. The average molecular weight is 257 g/mol. The van der Waals surface area contributed by atoms with Crippen LogP contribution >= 0.6 is 0 Å². The van der Waals surface area contributed by atoms with E-state index in [9.17, 15) is 4.79 Å². The van der Waals surface area contributed by atoms with Gasteiger partial charge in [0.05, 0.1) is 19.9 Å².